The molecule has 0 rings (SSSR count). The first-order valence-electron chi connectivity index (χ1n) is 4.20. The molecule has 0 fully saturated rings. The number of ether oxygens (including phenoxy) is 1. The molecular formula is C9H21NO. The zero-order valence-corrected chi connectivity index (χ0v) is 8.40. The van der Waals surface area contributed by atoms with Crippen LogP contribution in [0.1, 0.15) is 41.0 Å². The minimum Gasteiger partial charge on any atom is -0.361 e. The van der Waals surface area contributed by atoms with Crippen LogP contribution in [0.2, 0.25) is 0 Å². The van der Waals surface area contributed by atoms with Gasteiger partial charge in [0.1, 0.15) is 5.72 Å². The van der Waals surface area contributed by atoms with Crippen molar-refractivity contribution in [2.75, 3.05) is 6.61 Å². The molecule has 0 aliphatic carbocycles. The summed E-state index contributed by atoms with van der Waals surface area (Å²) in [6.07, 6.45) is 1.11. The Hall–Kier alpha value is -0.0800. The van der Waals surface area contributed by atoms with Crippen molar-refractivity contribution in [3.05, 3.63) is 0 Å². The summed E-state index contributed by atoms with van der Waals surface area (Å²) in [5, 5.41) is 0. The highest BCUT2D eigenvalue weighted by Gasteiger charge is 2.19. The molecule has 0 aromatic heterocycles. The van der Waals surface area contributed by atoms with Crippen LogP contribution in [-0.4, -0.2) is 12.3 Å². The Bertz CT molecular complexity index is 113. The molecule has 68 valence electrons. The molecule has 0 spiro atoms. The lowest BCUT2D eigenvalue weighted by Gasteiger charge is -2.28. The molecule has 0 aliphatic heterocycles. The second-order valence-electron chi connectivity index (χ2n) is 4.41. The first-order chi connectivity index (χ1) is 4.77. The van der Waals surface area contributed by atoms with E-state index in [1.165, 1.54) is 0 Å². The third-order valence-electron chi connectivity index (χ3n) is 1.79. The highest BCUT2D eigenvalue weighted by Crippen LogP contribution is 2.21. The van der Waals surface area contributed by atoms with Gasteiger partial charge in [-0.2, -0.15) is 0 Å². The van der Waals surface area contributed by atoms with Crippen molar-refractivity contribution in [1.82, 2.24) is 0 Å². The van der Waals surface area contributed by atoms with E-state index < -0.39 is 5.72 Å². The summed E-state index contributed by atoms with van der Waals surface area (Å²) < 4.78 is 5.46. The van der Waals surface area contributed by atoms with Crippen LogP contribution in [0.3, 0.4) is 0 Å². The number of hydrogen-bond donors (Lipinski definition) is 1. The highest BCUT2D eigenvalue weighted by atomic mass is 16.5. The standard InChI is InChI=1S/C9H21NO/c1-6-8(2,3)7-11-9(4,5)10/h6-7,10H2,1-5H3. The van der Waals surface area contributed by atoms with Gasteiger partial charge in [-0.15, -0.1) is 0 Å². The second-order valence-corrected chi connectivity index (χ2v) is 4.41. The third kappa shape index (κ3) is 6.32. The number of hydrogen-bond acceptors (Lipinski definition) is 2. The normalized spacial score (nSPS) is 13.6. The summed E-state index contributed by atoms with van der Waals surface area (Å²) >= 11 is 0. The van der Waals surface area contributed by atoms with E-state index in [0.717, 1.165) is 13.0 Å². The Balaban J connectivity index is 3.70. The molecule has 0 bridgehead atoms. The minimum atomic E-state index is -0.494. The first kappa shape index (κ1) is 10.9. The predicted octanol–water partition coefficient (Wildman–Crippen LogP) is 2.13. The molecule has 0 atom stereocenters. The van der Waals surface area contributed by atoms with Crippen LogP contribution in [0.25, 0.3) is 0 Å². The summed E-state index contributed by atoms with van der Waals surface area (Å²) in [7, 11) is 0. The van der Waals surface area contributed by atoms with E-state index >= 15 is 0 Å². The maximum Gasteiger partial charge on any atom is 0.111 e. The van der Waals surface area contributed by atoms with Crippen LogP contribution in [0.4, 0.5) is 0 Å². The molecule has 11 heavy (non-hydrogen) atoms. The van der Waals surface area contributed by atoms with E-state index in [1.807, 2.05) is 13.8 Å². The quantitative estimate of drug-likeness (QED) is 0.638. The maximum atomic E-state index is 5.68. The van der Waals surface area contributed by atoms with E-state index in [2.05, 4.69) is 20.8 Å². The summed E-state index contributed by atoms with van der Waals surface area (Å²) in [5.41, 5.74) is 5.43. The third-order valence-corrected chi connectivity index (χ3v) is 1.79. The van der Waals surface area contributed by atoms with Gasteiger partial charge in [0, 0.05) is 0 Å². The monoisotopic (exact) mass is 159 g/mol. The fourth-order valence-corrected chi connectivity index (χ4v) is 0.483. The van der Waals surface area contributed by atoms with Gasteiger partial charge in [-0.3, -0.25) is 0 Å². The van der Waals surface area contributed by atoms with Gasteiger partial charge < -0.3 is 10.5 Å². The van der Waals surface area contributed by atoms with Crippen molar-refractivity contribution >= 4 is 0 Å². The van der Waals surface area contributed by atoms with E-state index in [1.54, 1.807) is 0 Å². The molecule has 0 unspecified atom stereocenters. The van der Waals surface area contributed by atoms with Gasteiger partial charge in [-0.05, 0) is 25.7 Å². The molecule has 0 amide bonds. The average molecular weight is 159 g/mol. The molecule has 0 aromatic rings. The molecule has 0 heterocycles. The molecule has 0 aromatic carbocycles. The summed E-state index contributed by atoms with van der Waals surface area (Å²) in [6.45, 7) is 11.0. The number of rotatable bonds is 4. The molecule has 2 heteroatoms. The van der Waals surface area contributed by atoms with Crippen molar-refractivity contribution < 1.29 is 4.74 Å². The van der Waals surface area contributed by atoms with E-state index in [4.69, 9.17) is 10.5 Å². The average Bonchev–Trinajstić information content (AvgIpc) is 1.83. The van der Waals surface area contributed by atoms with Gasteiger partial charge in [0.15, 0.2) is 0 Å². The van der Waals surface area contributed by atoms with E-state index in [-0.39, 0.29) is 5.41 Å². The van der Waals surface area contributed by atoms with Gasteiger partial charge in [0.05, 0.1) is 6.61 Å². The lowest BCUT2D eigenvalue weighted by Crippen LogP contribution is -2.38. The van der Waals surface area contributed by atoms with Gasteiger partial charge in [-0.1, -0.05) is 20.8 Å². The molecule has 2 nitrogen and oxygen atoms in total. The smallest absolute Gasteiger partial charge is 0.111 e. The van der Waals surface area contributed by atoms with Gasteiger partial charge in [-0.25, -0.2) is 0 Å². The Kier molecular flexibility index (Phi) is 3.52. The fourth-order valence-electron chi connectivity index (χ4n) is 0.483. The maximum absolute atomic E-state index is 5.68. The molecule has 0 saturated heterocycles. The summed E-state index contributed by atoms with van der Waals surface area (Å²) in [6, 6.07) is 0. The van der Waals surface area contributed by atoms with E-state index in [0.29, 0.717) is 0 Å². The minimum absolute atomic E-state index is 0.247. The Morgan fingerprint density at radius 2 is 1.64 bits per heavy atom. The van der Waals surface area contributed by atoms with Crippen molar-refractivity contribution in [1.29, 1.82) is 0 Å². The zero-order chi connectivity index (χ0) is 9.12. The molecular weight excluding hydrogens is 138 g/mol. The van der Waals surface area contributed by atoms with Crippen LogP contribution in [-0.2, 0) is 4.74 Å². The Morgan fingerprint density at radius 1 is 1.18 bits per heavy atom. The topological polar surface area (TPSA) is 35.2 Å². The van der Waals surface area contributed by atoms with Gasteiger partial charge in [0.25, 0.3) is 0 Å². The zero-order valence-electron chi connectivity index (χ0n) is 8.40. The Morgan fingerprint density at radius 3 is 1.91 bits per heavy atom. The molecule has 0 saturated carbocycles. The number of nitrogens with two attached hydrogens (primary N) is 1. The second kappa shape index (κ2) is 3.55. The van der Waals surface area contributed by atoms with E-state index in [9.17, 15) is 0 Å². The molecule has 0 radical (unpaired) electrons. The lowest BCUT2D eigenvalue weighted by molar-refractivity contribution is -0.0514. The van der Waals surface area contributed by atoms with Crippen LogP contribution in [0.15, 0.2) is 0 Å². The van der Waals surface area contributed by atoms with Crippen molar-refractivity contribution in [2.45, 2.75) is 46.8 Å². The lowest BCUT2D eigenvalue weighted by atomic mass is 9.91. The SMILES string of the molecule is CCC(C)(C)COC(C)(C)N. The molecule has 2 N–H and O–H groups in total. The van der Waals surface area contributed by atoms with Gasteiger partial charge in [0.2, 0.25) is 0 Å². The largest absolute Gasteiger partial charge is 0.361 e. The van der Waals surface area contributed by atoms with Crippen LogP contribution in [0.5, 0.6) is 0 Å². The predicted molar refractivity (Wildman–Crippen MR) is 48.3 cm³/mol. The summed E-state index contributed by atoms with van der Waals surface area (Å²) in [5.74, 6) is 0. The van der Waals surface area contributed by atoms with Crippen molar-refractivity contribution in [3.63, 3.8) is 0 Å². The summed E-state index contributed by atoms with van der Waals surface area (Å²) in [4.78, 5) is 0. The van der Waals surface area contributed by atoms with Crippen LogP contribution in [0, 0.1) is 5.41 Å². The van der Waals surface area contributed by atoms with Crippen molar-refractivity contribution in [2.24, 2.45) is 11.1 Å². The van der Waals surface area contributed by atoms with Crippen molar-refractivity contribution in [3.8, 4) is 0 Å². The van der Waals surface area contributed by atoms with Gasteiger partial charge >= 0.3 is 0 Å². The highest BCUT2D eigenvalue weighted by molar-refractivity contribution is 4.67. The first-order valence-corrected chi connectivity index (χ1v) is 4.20. The van der Waals surface area contributed by atoms with Crippen LogP contribution < -0.4 is 5.73 Å². The molecule has 0 aliphatic rings. The van der Waals surface area contributed by atoms with Crippen LogP contribution >= 0.6 is 0 Å². The Labute approximate surface area is 70.1 Å². The fraction of sp³-hybridized carbons (Fsp3) is 1.00.